The summed E-state index contributed by atoms with van der Waals surface area (Å²) in [5, 5.41) is 13.4. The second kappa shape index (κ2) is 6.67. The zero-order valence-electron chi connectivity index (χ0n) is 13.5. The molecule has 1 aliphatic rings. The van der Waals surface area contributed by atoms with Gasteiger partial charge in [-0.25, -0.2) is 0 Å². The van der Waals surface area contributed by atoms with Crippen molar-refractivity contribution < 1.29 is 14.6 Å². The molecule has 0 bridgehead atoms. The molecular formula is C17H27NO3. The molecule has 1 fully saturated rings. The molecule has 0 aliphatic heterocycles. The van der Waals surface area contributed by atoms with E-state index in [0.717, 1.165) is 42.9 Å². The summed E-state index contributed by atoms with van der Waals surface area (Å²) >= 11 is 0. The van der Waals surface area contributed by atoms with Gasteiger partial charge < -0.3 is 19.9 Å². The quantitative estimate of drug-likeness (QED) is 0.876. The number of methoxy groups -OCH3 is 1. The Bertz CT molecular complexity index is 468. The number of aliphatic hydroxyl groups excluding tert-OH is 1. The fourth-order valence-corrected chi connectivity index (χ4v) is 2.48. The highest BCUT2D eigenvalue weighted by Gasteiger charge is 2.27. The molecule has 2 unspecified atom stereocenters. The van der Waals surface area contributed by atoms with Gasteiger partial charge in [-0.15, -0.1) is 0 Å². The molecule has 4 nitrogen and oxygen atoms in total. The van der Waals surface area contributed by atoms with Gasteiger partial charge in [0.1, 0.15) is 17.6 Å². The summed E-state index contributed by atoms with van der Waals surface area (Å²) in [5.74, 6) is 1.58. The third-order valence-electron chi connectivity index (χ3n) is 3.78. The van der Waals surface area contributed by atoms with E-state index in [1.165, 1.54) is 0 Å². The molecule has 1 aromatic carbocycles. The van der Waals surface area contributed by atoms with E-state index >= 15 is 0 Å². The van der Waals surface area contributed by atoms with Crippen LogP contribution in [-0.2, 0) is 6.54 Å². The number of rotatable bonds is 5. The monoisotopic (exact) mass is 293 g/mol. The van der Waals surface area contributed by atoms with Crippen LogP contribution in [-0.4, -0.2) is 30.0 Å². The highest BCUT2D eigenvalue weighted by Crippen LogP contribution is 2.30. The Morgan fingerprint density at radius 2 is 2.05 bits per heavy atom. The Balaban J connectivity index is 2.14. The van der Waals surface area contributed by atoms with Crippen LogP contribution in [0.4, 0.5) is 0 Å². The SMILES string of the molecule is COc1ccc(CNC(C)(C)C)c(OC2CCCC2O)c1. The summed E-state index contributed by atoms with van der Waals surface area (Å²) in [6, 6.07) is 5.87. The number of ether oxygens (including phenoxy) is 2. The van der Waals surface area contributed by atoms with Crippen LogP contribution in [0.15, 0.2) is 18.2 Å². The molecule has 0 amide bonds. The zero-order chi connectivity index (χ0) is 15.5. The summed E-state index contributed by atoms with van der Waals surface area (Å²) in [4.78, 5) is 0. The third kappa shape index (κ3) is 4.61. The third-order valence-corrected chi connectivity index (χ3v) is 3.78. The van der Waals surface area contributed by atoms with Gasteiger partial charge in [0.2, 0.25) is 0 Å². The highest BCUT2D eigenvalue weighted by molar-refractivity contribution is 5.41. The minimum atomic E-state index is -0.361. The Kier molecular flexibility index (Phi) is 5.12. The first kappa shape index (κ1) is 16.1. The topological polar surface area (TPSA) is 50.7 Å². The van der Waals surface area contributed by atoms with Crippen LogP contribution in [0.2, 0.25) is 0 Å². The number of benzene rings is 1. The molecule has 0 spiro atoms. The number of nitrogens with one attached hydrogen (secondary N) is 1. The van der Waals surface area contributed by atoms with E-state index in [4.69, 9.17) is 9.47 Å². The van der Waals surface area contributed by atoms with Gasteiger partial charge in [0.25, 0.3) is 0 Å². The van der Waals surface area contributed by atoms with Crippen LogP contribution < -0.4 is 14.8 Å². The molecule has 1 saturated carbocycles. The van der Waals surface area contributed by atoms with Crippen molar-refractivity contribution in [2.45, 2.75) is 64.3 Å². The molecule has 0 saturated heterocycles. The van der Waals surface area contributed by atoms with Crippen LogP contribution in [0.5, 0.6) is 11.5 Å². The van der Waals surface area contributed by atoms with Gasteiger partial charge in [-0.3, -0.25) is 0 Å². The Morgan fingerprint density at radius 1 is 1.29 bits per heavy atom. The van der Waals surface area contributed by atoms with Gasteiger partial charge in [-0.05, 0) is 46.1 Å². The van der Waals surface area contributed by atoms with Crippen molar-refractivity contribution in [3.63, 3.8) is 0 Å². The molecule has 118 valence electrons. The lowest BCUT2D eigenvalue weighted by Gasteiger charge is -2.24. The molecule has 1 aromatic rings. The molecule has 2 rings (SSSR count). The van der Waals surface area contributed by atoms with Crippen LogP contribution in [0.3, 0.4) is 0 Å². The summed E-state index contributed by atoms with van der Waals surface area (Å²) in [6.07, 6.45) is 2.28. The second-order valence-corrected chi connectivity index (χ2v) is 6.73. The first-order chi connectivity index (χ1) is 9.89. The number of hydrogen-bond acceptors (Lipinski definition) is 4. The minimum absolute atomic E-state index is 0.0457. The largest absolute Gasteiger partial charge is 0.497 e. The molecule has 0 heterocycles. The fourth-order valence-electron chi connectivity index (χ4n) is 2.48. The Hall–Kier alpha value is -1.26. The number of hydrogen-bond donors (Lipinski definition) is 2. The smallest absolute Gasteiger partial charge is 0.128 e. The van der Waals surface area contributed by atoms with Crippen molar-refractivity contribution in [1.82, 2.24) is 5.32 Å². The van der Waals surface area contributed by atoms with Crippen molar-refractivity contribution in [1.29, 1.82) is 0 Å². The van der Waals surface area contributed by atoms with Gasteiger partial charge in [0, 0.05) is 23.7 Å². The van der Waals surface area contributed by atoms with Crippen molar-refractivity contribution in [2.24, 2.45) is 0 Å². The maximum Gasteiger partial charge on any atom is 0.128 e. The standard InChI is InChI=1S/C17H27NO3/c1-17(2,3)18-11-12-8-9-13(20-4)10-16(12)21-15-7-5-6-14(15)19/h8-10,14-15,18-19H,5-7,11H2,1-4H3. The van der Waals surface area contributed by atoms with Gasteiger partial charge in [0.15, 0.2) is 0 Å². The van der Waals surface area contributed by atoms with Gasteiger partial charge in [-0.2, -0.15) is 0 Å². The lowest BCUT2D eigenvalue weighted by Crippen LogP contribution is -2.35. The lowest BCUT2D eigenvalue weighted by molar-refractivity contribution is 0.0595. The van der Waals surface area contributed by atoms with Crippen molar-refractivity contribution >= 4 is 0 Å². The van der Waals surface area contributed by atoms with E-state index in [1.54, 1.807) is 7.11 Å². The predicted molar refractivity (Wildman–Crippen MR) is 83.9 cm³/mol. The zero-order valence-corrected chi connectivity index (χ0v) is 13.5. The minimum Gasteiger partial charge on any atom is -0.497 e. The van der Waals surface area contributed by atoms with Gasteiger partial charge in [0.05, 0.1) is 13.2 Å². The maximum absolute atomic E-state index is 9.95. The predicted octanol–water partition coefficient (Wildman–Crippen LogP) is 2.88. The first-order valence-corrected chi connectivity index (χ1v) is 7.66. The van der Waals surface area contributed by atoms with Crippen LogP contribution in [0.25, 0.3) is 0 Å². The number of aliphatic hydroxyl groups is 1. The van der Waals surface area contributed by atoms with Crippen molar-refractivity contribution in [3.05, 3.63) is 23.8 Å². The maximum atomic E-state index is 9.95. The van der Waals surface area contributed by atoms with E-state index in [2.05, 4.69) is 26.1 Å². The summed E-state index contributed by atoms with van der Waals surface area (Å²) < 4.78 is 11.3. The molecular weight excluding hydrogens is 266 g/mol. The second-order valence-electron chi connectivity index (χ2n) is 6.73. The van der Waals surface area contributed by atoms with E-state index in [0.29, 0.717) is 0 Å². The summed E-state index contributed by atoms with van der Waals surface area (Å²) in [7, 11) is 1.65. The normalized spacial score (nSPS) is 22.3. The van der Waals surface area contributed by atoms with Crippen molar-refractivity contribution in [2.75, 3.05) is 7.11 Å². The fraction of sp³-hybridized carbons (Fsp3) is 0.647. The highest BCUT2D eigenvalue weighted by atomic mass is 16.5. The lowest BCUT2D eigenvalue weighted by atomic mass is 10.1. The molecule has 2 N–H and O–H groups in total. The molecule has 1 aliphatic carbocycles. The average molecular weight is 293 g/mol. The van der Waals surface area contributed by atoms with E-state index in [-0.39, 0.29) is 17.7 Å². The van der Waals surface area contributed by atoms with Crippen LogP contribution in [0, 0.1) is 0 Å². The summed E-state index contributed by atoms with van der Waals surface area (Å²) in [5.41, 5.74) is 1.13. The Labute approximate surface area is 127 Å². The van der Waals surface area contributed by atoms with E-state index < -0.39 is 0 Å². The molecule has 0 radical (unpaired) electrons. The van der Waals surface area contributed by atoms with Gasteiger partial charge >= 0.3 is 0 Å². The molecule has 21 heavy (non-hydrogen) atoms. The van der Waals surface area contributed by atoms with Crippen LogP contribution >= 0.6 is 0 Å². The van der Waals surface area contributed by atoms with Gasteiger partial charge in [-0.1, -0.05) is 6.07 Å². The van der Waals surface area contributed by atoms with Crippen molar-refractivity contribution in [3.8, 4) is 11.5 Å². The molecule has 2 atom stereocenters. The summed E-state index contributed by atoms with van der Waals surface area (Å²) in [6.45, 7) is 7.14. The molecule has 0 aromatic heterocycles. The molecule has 4 heteroatoms. The average Bonchev–Trinajstić information content (AvgIpc) is 2.82. The van der Waals surface area contributed by atoms with E-state index in [9.17, 15) is 5.11 Å². The Morgan fingerprint density at radius 3 is 2.62 bits per heavy atom. The first-order valence-electron chi connectivity index (χ1n) is 7.66. The van der Waals surface area contributed by atoms with Crippen LogP contribution in [0.1, 0.15) is 45.6 Å². The van der Waals surface area contributed by atoms with E-state index in [1.807, 2.05) is 18.2 Å².